The fraction of sp³-hybridized carbons (Fsp3) is 0.636. The molecule has 0 spiro atoms. The Balaban J connectivity index is 1.48. The Hall–Kier alpha value is -2.68. The predicted octanol–water partition coefficient (Wildman–Crippen LogP) is 4.63. The van der Waals surface area contributed by atoms with Gasteiger partial charge in [-0.15, -0.1) is 13.2 Å². The fourth-order valence-electron chi connectivity index (χ4n) is 5.87. The largest absolute Gasteiger partial charge is 0.573 e. The zero-order chi connectivity index (χ0) is 27.0. The molecule has 3 N–H and O–H groups in total. The highest BCUT2D eigenvalue weighted by atomic mass is 19.4. The van der Waals surface area contributed by atoms with E-state index in [2.05, 4.69) is 14.7 Å². The Kier molecular flexibility index (Phi) is 5.90. The maximum absolute atomic E-state index is 13.6. The number of likely N-dealkylation sites (tertiary alicyclic amines) is 1. The molecule has 15 heteroatoms. The summed E-state index contributed by atoms with van der Waals surface area (Å²) in [4.78, 5) is 9.52. The average Bonchev–Trinajstić information content (AvgIpc) is 3.44. The van der Waals surface area contributed by atoms with Gasteiger partial charge in [0.2, 0.25) is 6.10 Å². The van der Waals surface area contributed by atoms with Crippen LogP contribution in [0.15, 0.2) is 18.5 Å². The van der Waals surface area contributed by atoms with Crippen LogP contribution in [0.2, 0.25) is 0 Å². The number of aliphatic hydroxyl groups excluding tert-OH is 1. The van der Waals surface area contributed by atoms with Crippen LogP contribution >= 0.6 is 0 Å². The molecule has 4 fully saturated rings. The molecule has 7 nitrogen and oxygen atoms in total. The molecule has 1 saturated heterocycles. The highest BCUT2D eigenvalue weighted by Crippen LogP contribution is 2.60. The molecule has 0 amide bonds. The van der Waals surface area contributed by atoms with E-state index < -0.39 is 47.5 Å². The number of imidazole rings is 1. The molecule has 0 aromatic carbocycles. The van der Waals surface area contributed by atoms with Crippen molar-refractivity contribution in [3.8, 4) is 17.0 Å². The first kappa shape index (κ1) is 25.9. The number of pyridine rings is 1. The third-order valence-electron chi connectivity index (χ3n) is 7.62. The van der Waals surface area contributed by atoms with E-state index in [9.17, 15) is 40.2 Å². The lowest BCUT2D eigenvalue weighted by molar-refractivity contribution is -0.274. The van der Waals surface area contributed by atoms with Crippen molar-refractivity contribution in [1.29, 1.82) is 0 Å². The third-order valence-corrected chi connectivity index (χ3v) is 7.62. The number of anilines is 1. The van der Waals surface area contributed by atoms with Crippen molar-refractivity contribution in [2.45, 2.75) is 68.3 Å². The van der Waals surface area contributed by atoms with Crippen LogP contribution in [0.1, 0.15) is 44.0 Å². The monoisotopic (exact) mass is 541 g/mol. The van der Waals surface area contributed by atoms with Crippen LogP contribution < -0.4 is 10.5 Å². The van der Waals surface area contributed by atoms with Gasteiger partial charge in [-0.25, -0.2) is 18.7 Å². The minimum atomic E-state index is -5.08. The van der Waals surface area contributed by atoms with Crippen molar-refractivity contribution in [3.63, 3.8) is 0 Å². The zero-order valence-electron chi connectivity index (χ0n) is 19.2. The Morgan fingerprint density at radius 1 is 1.08 bits per heavy atom. The molecule has 1 aliphatic heterocycles. The van der Waals surface area contributed by atoms with Crippen LogP contribution in [-0.2, 0) is 5.54 Å². The van der Waals surface area contributed by atoms with E-state index >= 15 is 0 Å². The molecule has 3 aliphatic carbocycles. The Morgan fingerprint density at radius 2 is 1.73 bits per heavy atom. The van der Waals surface area contributed by atoms with Crippen LogP contribution in [0.5, 0.6) is 5.75 Å². The van der Waals surface area contributed by atoms with Gasteiger partial charge in [0.25, 0.3) is 5.92 Å². The van der Waals surface area contributed by atoms with Crippen molar-refractivity contribution >= 4 is 5.82 Å². The van der Waals surface area contributed by atoms with Gasteiger partial charge in [-0.3, -0.25) is 4.90 Å². The minimum Gasteiger partial charge on any atom is -0.402 e. The van der Waals surface area contributed by atoms with Crippen LogP contribution in [0, 0.1) is 5.92 Å². The van der Waals surface area contributed by atoms with Gasteiger partial charge in [0, 0.05) is 55.5 Å². The highest BCUT2D eigenvalue weighted by molar-refractivity contribution is 5.64. The van der Waals surface area contributed by atoms with Crippen molar-refractivity contribution in [3.05, 3.63) is 24.3 Å². The van der Waals surface area contributed by atoms with Gasteiger partial charge >= 0.3 is 12.5 Å². The molecular formula is C22H23F8N5O2. The Morgan fingerprint density at radius 3 is 2.32 bits per heavy atom. The molecule has 204 valence electrons. The van der Waals surface area contributed by atoms with Crippen LogP contribution in [-0.4, -0.2) is 62.1 Å². The van der Waals surface area contributed by atoms with Crippen molar-refractivity contribution < 1.29 is 45.0 Å². The van der Waals surface area contributed by atoms with Gasteiger partial charge in [-0.2, -0.15) is 13.2 Å². The summed E-state index contributed by atoms with van der Waals surface area (Å²) in [7, 11) is 0. The van der Waals surface area contributed by atoms with Crippen LogP contribution in [0.4, 0.5) is 40.9 Å². The normalized spacial score (nSPS) is 28.7. The Labute approximate surface area is 205 Å². The van der Waals surface area contributed by atoms with Gasteiger partial charge in [-0.05, 0) is 31.2 Å². The van der Waals surface area contributed by atoms with Gasteiger partial charge in [0.15, 0.2) is 11.6 Å². The summed E-state index contributed by atoms with van der Waals surface area (Å²) < 4.78 is 111. The summed E-state index contributed by atoms with van der Waals surface area (Å²) in [5.74, 6) is -4.79. The number of piperidine rings is 1. The van der Waals surface area contributed by atoms with Gasteiger partial charge in [-0.1, -0.05) is 0 Å². The second-order valence-electron chi connectivity index (χ2n) is 10.0. The highest BCUT2D eigenvalue weighted by Gasteiger charge is 2.60. The summed E-state index contributed by atoms with van der Waals surface area (Å²) in [6, 6.07) is 0.751. The lowest BCUT2D eigenvalue weighted by atomic mass is 9.76. The van der Waals surface area contributed by atoms with E-state index in [1.807, 2.05) is 4.90 Å². The van der Waals surface area contributed by atoms with Gasteiger partial charge in [0.05, 0.1) is 5.69 Å². The third kappa shape index (κ3) is 4.82. The van der Waals surface area contributed by atoms with Crippen molar-refractivity contribution in [1.82, 2.24) is 19.4 Å². The maximum Gasteiger partial charge on any atom is 0.573 e. The van der Waals surface area contributed by atoms with E-state index in [4.69, 9.17) is 5.73 Å². The number of hydrogen-bond acceptors (Lipinski definition) is 6. The quantitative estimate of drug-likeness (QED) is 0.537. The number of alkyl halides is 8. The summed E-state index contributed by atoms with van der Waals surface area (Å²) in [5.41, 5.74) is 4.35. The topological polar surface area (TPSA) is 89.4 Å². The number of ether oxygens (including phenoxy) is 1. The summed E-state index contributed by atoms with van der Waals surface area (Å²) in [5, 5.41) is 10.1. The maximum atomic E-state index is 13.6. The molecule has 2 atom stereocenters. The first-order valence-electron chi connectivity index (χ1n) is 11.5. The first-order chi connectivity index (χ1) is 17.1. The summed E-state index contributed by atoms with van der Waals surface area (Å²) >= 11 is 0. The number of nitrogens with zero attached hydrogens (tertiary/aromatic N) is 4. The van der Waals surface area contributed by atoms with Crippen molar-refractivity contribution in [2.75, 3.05) is 18.8 Å². The molecule has 4 aliphatic rings. The van der Waals surface area contributed by atoms with E-state index in [0.29, 0.717) is 19.3 Å². The minimum absolute atomic E-state index is 0.0819. The average molecular weight is 541 g/mol. The first-order valence-corrected chi connectivity index (χ1v) is 11.5. The molecule has 3 heterocycles. The SMILES string of the molecule is Nc1ncc(-c2cn(C34CC(C3)[C@@H](N3CCC(F)(F)CC3)C4)c(C(O)C(F)(F)F)n2)cc1OC(F)(F)F. The van der Waals surface area contributed by atoms with Gasteiger partial charge < -0.3 is 20.1 Å². The second-order valence-corrected chi connectivity index (χ2v) is 10.0. The lowest BCUT2D eigenvalue weighted by Crippen LogP contribution is -2.46. The standard InChI is InChI=1S/C22H23F8N5O2/c23-20(24)1-3-34(4-2-20)14-8-19(6-12(14)7-19)35-10-13(33-18(35)16(36)21(25,26)27)11-5-15(17(31)32-9-11)37-22(28,29)30/h5,9-10,12,14,16,36H,1-4,6-8H2,(H2,31,32)/t12?,14-,16?,19?/m0/s1. The van der Waals surface area contributed by atoms with E-state index in [-0.39, 0.29) is 49.1 Å². The molecule has 2 bridgehead atoms. The number of aliphatic hydroxyl groups is 1. The van der Waals surface area contributed by atoms with E-state index in [1.54, 1.807) is 0 Å². The molecule has 2 aromatic heterocycles. The molecule has 37 heavy (non-hydrogen) atoms. The van der Waals surface area contributed by atoms with E-state index in [1.165, 1.54) is 10.8 Å². The summed E-state index contributed by atoms with van der Waals surface area (Å²) in [6.07, 6.45) is -10.1. The zero-order valence-corrected chi connectivity index (χ0v) is 19.2. The van der Waals surface area contributed by atoms with Crippen LogP contribution in [0.3, 0.4) is 0 Å². The fourth-order valence-corrected chi connectivity index (χ4v) is 5.87. The molecule has 6 rings (SSSR count). The van der Waals surface area contributed by atoms with Gasteiger partial charge in [0.1, 0.15) is 5.82 Å². The molecule has 0 radical (unpaired) electrons. The summed E-state index contributed by atoms with van der Waals surface area (Å²) in [6.45, 7) is 0.354. The van der Waals surface area contributed by atoms with Crippen LogP contribution in [0.25, 0.3) is 11.3 Å². The van der Waals surface area contributed by atoms with Crippen molar-refractivity contribution in [2.24, 2.45) is 5.92 Å². The molecule has 3 saturated carbocycles. The molecular weight excluding hydrogens is 518 g/mol. The number of halogens is 8. The lowest BCUT2D eigenvalue weighted by Gasteiger charge is -2.42. The Bertz CT molecular complexity index is 1160. The number of aromatic nitrogens is 3. The number of fused-ring (bicyclic) bond motifs is 1. The smallest absolute Gasteiger partial charge is 0.402 e. The number of rotatable bonds is 5. The predicted molar refractivity (Wildman–Crippen MR) is 112 cm³/mol. The molecule has 2 aromatic rings. The number of hydrogen-bond donors (Lipinski definition) is 2. The number of nitrogens with two attached hydrogens (primary N) is 1. The number of nitrogen functional groups attached to an aromatic ring is 1. The van der Waals surface area contributed by atoms with E-state index in [0.717, 1.165) is 12.3 Å². The second kappa shape index (κ2) is 8.41. The molecule has 1 unspecified atom stereocenters.